The van der Waals surface area contributed by atoms with Gasteiger partial charge in [-0.1, -0.05) is 6.92 Å². The van der Waals surface area contributed by atoms with E-state index in [0.717, 1.165) is 26.1 Å². The predicted molar refractivity (Wildman–Crippen MR) is 69.0 cm³/mol. The van der Waals surface area contributed by atoms with Crippen LogP contribution in [0.2, 0.25) is 0 Å². The van der Waals surface area contributed by atoms with Crippen LogP contribution in [-0.4, -0.2) is 60.6 Å². The number of hydrogen-bond acceptors (Lipinski definition) is 3. The van der Waals surface area contributed by atoms with Crippen molar-refractivity contribution in [1.82, 2.24) is 9.80 Å². The van der Waals surface area contributed by atoms with Gasteiger partial charge in [0.2, 0.25) is 5.91 Å². The third kappa shape index (κ3) is 4.64. The molecule has 1 rings (SSSR count). The van der Waals surface area contributed by atoms with Crippen LogP contribution >= 0.6 is 0 Å². The average Bonchev–Trinajstić information content (AvgIpc) is 2.25. The molecule has 1 unspecified atom stereocenters. The number of rotatable bonds is 3. The van der Waals surface area contributed by atoms with Crippen molar-refractivity contribution in [3.05, 3.63) is 0 Å². The molecule has 1 aliphatic heterocycles. The summed E-state index contributed by atoms with van der Waals surface area (Å²) in [7, 11) is 2.13. The van der Waals surface area contributed by atoms with Gasteiger partial charge in [0.1, 0.15) is 6.61 Å². The summed E-state index contributed by atoms with van der Waals surface area (Å²) in [6.45, 7) is 10.9. The quantitative estimate of drug-likeness (QED) is 0.749. The Kier molecular flexibility index (Phi) is 4.95. The number of piperazine rings is 1. The smallest absolute Gasteiger partial charge is 0.248 e. The third-order valence-electron chi connectivity index (χ3n) is 3.23. The molecule has 1 atom stereocenters. The molecule has 1 fully saturated rings. The first-order valence-corrected chi connectivity index (χ1v) is 6.45. The van der Waals surface area contributed by atoms with Gasteiger partial charge in [0, 0.05) is 25.7 Å². The highest BCUT2D eigenvalue weighted by Gasteiger charge is 2.26. The van der Waals surface area contributed by atoms with Gasteiger partial charge in [-0.2, -0.15) is 0 Å². The second-order valence-corrected chi connectivity index (χ2v) is 5.78. The maximum atomic E-state index is 12.0. The zero-order valence-corrected chi connectivity index (χ0v) is 11.8. The lowest BCUT2D eigenvalue weighted by atomic mass is 10.1. The molecule has 1 amide bonds. The van der Waals surface area contributed by atoms with Gasteiger partial charge in [-0.3, -0.25) is 9.69 Å². The maximum Gasteiger partial charge on any atom is 0.248 e. The molecule has 0 spiro atoms. The zero-order chi connectivity index (χ0) is 13.1. The molecule has 0 radical (unpaired) electrons. The van der Waals surface area contributed by atoms with Gasteiger partial charge >= 0.3 is 0 Å². The Morgan fingerprint density at radius 1 is 1.35 bits per heavy atom. The van der Waals surface area contributed by atoms with Gasteiger partial charge in [0.05, 0.1) is 5.60 Å². The summed E-state index contributed by atoms with van der Waals surface area (Å²) in [5.41, 5.74) is -0.244. The van der Waals surface area contributed by atoms with Gasteiger partial charge < -0.3 is 9.64 Å². The highest BCUT2D eigenvalue weighted by Crippen LogP contribution is 2.12. The van der Waals surface area contributed by atoms with Crippen molar-refractivity contribution < 1.29 is 9.53 Å². The SMILES string of the molecule is CCC1CN(C(=O)COC(C)(C)C)CCN1C. The third-order valence-corrected chi connectivity index (χ3v) is 3.23. The van der Waals surface area contributed by atoms with E-state index in [9.17, 15) is 4.79 Å². The molecule has 1 saturated heterocycles. The van der Waals surface area contributed by atoms with Crippen molar-refractivity contribution in [2.45, 2.75) is 45.8 Å². The summed E-state index contributed by atoms with van der Waals surface area (Å²) in [5, 5.41) is 0. The fourth-order valence-corrected chi connectivity index (χ4v) is 1.98. The van der Waals surface area contributed by atoms with E-state index in [1.807, 2.05) is 25.7 Å². The van der Waals surface area contributed by atoms with Gasteiger partial charge in [-0.05, 0) is 34.2 Å². The van der Waals surface area contributed by atoms with Crippen LogP contribution in [0.15, 0.2) is 0 Å². The Hall–Kier alpha value is -0.610. The highest BCUT2D eigenvalue weighted by atomic mass is 16.5. The van der Waals surface area contributed by atoms with Crippen molar-refractivity contribution in [2.24, 2.45) is 0 Å². The first-order chi connectivity index (χ1) is 7.83. The first kappa shape index (κ1) is 14.5. The Morgan fingerprint density at radius 3 is 2.53 bits per heavy atom. The molecule has 0 bridgehead atoms. The molecule has 0 N–H and O–H groups in total. The van der Waals surface area contributed by atoms with E-state index >= 15 is 0 Å². The summed E-state index contributed by atoms with van der Waals surface area (Å²) in [6, 6.07) is 0.488. The monoisotopic (exact) mass is 242 g/mol. The van der Waals surface area contributed by atoms with E-state index in [1.54, 1.807) is 0 Å². The molecule has 0 aromatic carbocycles. The van der Waals surface area contributed by atoms with E-state index in [2.05, 4.69) is 18.9 Å². The minimum Gasteiger partial charge on any atom is -0.366 e. The summed E-state index contributed by atoms with van der Waals surface area (Å²) in [5.74, 6) is 0.117. The lowest BCUT2D eigenvalue weighted by Gasteiger charge is -2.39. The van der Waals surface area contributed by atoms with Crippen LogP contribution in [0.5, 0.6) is 0 Å². The molecule has 0 aromatic heterocycles. The number of hydrogen-bond donors (Lipinski definition) is 0. The summed E-state index contributed by atoms with van der Waals surface area (Å²) >= 11 is 0. The summed E-state index contributed by atoms with van der Waals surface area (Å²) in [6.07, 6.45) is 1.08. The van der Waals surface area contributed by atoms with Gasteiger partial charge in [0.25, 0.3) is 0 Å². The number of carbonyl (C=O) groups excluding carboxylic acids is 1. The number of ether oxygens (including phenoxy) is 1. The van der Waals surface area contributed by atoms with Gasteiger partial charge in [0.15, 0.2) is 0 Å². The van der Waals surface area contributed by atoms with Crippen LogP contribution in [0.25, 0.3) is 0 Å². The average molecular weight is 242 g/mol. The van der Waals surface area contributed by atoms with Crippen LogP contribution in [0.4, 0.5) is 0 Å². The lowest BCUT2D eigenvalue weighted by molar-refractivity contribution is -0.143. The van der Waals surface area contributed by atoms with Crippen molar-refractivity contribution in [2.75, 3.05) is 33.3 Å². The fraction of sp³-hybridized carbons (Fsp3) is 0.923. The molecule has 0 aromatic rings. The first-order valence-electron chi connectivity index (χ1n) is 6.45. The number of likely N-dealkylation sites (N-methyl/N-ethyl adjacent to an activating group) is 1. The van der Waals surface area contributed by atoms with E-state index in [0.29, 0.717) is 6.04 Å². The Morgan fingerprint density at radius 2 is 2.00 bits per heavy atom. The zero-order valence-electron chi connectivity index (χ0n) is 11.8. The standard InChI is InChI=1S/C13H26N2O2/c1-6-11-9-15(8-7-14(11)5)12(16)10-17-13(2,3)4/h11H,6-10H2,1-5H3. The van der Waals surface area contributed by atoms with E-state index in [1.165, 1.54) is 0 Å². The molecule has 1 heterocycles. The van der Waals surface area contributed by atoms with Crippen LogP contribution in [0.3, 0.4) is 0 Å². The van der Waals surface area contributed by atoms with Crippen LogP contribution in [0.1, 0.15) is 34.1 Å². The summed E-state index contributed by atoms with van der Waals surface area (Å²) in [4.78, 5) is 16.3. The predicted octanol–water partition coefficient (Wildman–Crippen LogP) is 1.35. The number of carbonyl (C=O) groups is 1. The number of amides is 1. The molecule has 100 valence electrons. The Bertz CT molecular complexity index is 261. The van der Waals surface area contributed by atoms with Crippen molar-refractivity contribution in [3.8, 4) is 0 Å². The molecule has 17 heavy (non-hydrogen) atoms. The Labute approximate surface area is 105 Å². The topological polar surface area (TPSA) is 32.8 Å². The lowest BCUT2D eigenvalue weighted by Crippen LogP contribution is -2.54. The minimum absolute atomic E-state index is 0.117. The van der Waals surface area contributed by atoms with E-state index in [4.69, 9.17) is 4.74 Å². The van der Waals surface area contributed by atoms with Crippen molar-refractivity contribution in [3.63, 3.8) is 0 Å². The maximum absolute atomic E-state index is 12.0. The number of nitrogens with zero attached hydrogens (tertiary/aromatic N) is 2. The van der Waals surface area contributed by atoms with Crippen molar-refractivity contribution >= 4 is 5.91 Å². The highest BCUT2D eigenvalue weighted by molar-refractivity contribution is 5.77. The minimum atomic E-state index is -0.244. The normalized spacial score (nSPS) is 22.9. The van der Waals surface area contributed by atoms with Crippen LogP contribution in [0, 0.1) is 0 Å². The van der Waals surface area contributed by atoms with Crippen LogP contribution in [-0.2, 0) is 9.53 Å². The molecule has 0 aliphatic carbocycles. The molecular formula is C13H26N2O2. The van der Waals surface area contributed by atoms with Gasteiger partial charge in [-0.25, -0.2) is 0 Å². The largest absolute Gasteiger partial charge is 0.366 e. The van der Waals surface area contributed by atoms with E-state index in [-0.39, 0.29) is 18.1 Å². The molecule has 0 saturated carbocycles. The molecule has 4 heteroatoms. The van der Waals surface area contributed by atoms with Crippen LogP contribution < -0.4 is 0 Å². The van der Waals surface area contributed by atoms with E-state index < -0.39 is 0 Å². The van der Waals surface area contributed by atoms with Gasteiger partial charge in [-0.15, -0.1) is 0 Å². The summed E-state index contributed by atoms with van der Waals surface area (Å²) < 4.78 is 5.54. The second-order valence-electron chi connectivity index (χ2n) is 5.78. The fourth-order valence-electron chi connectivity index (χ4n) is 1.98. The molecular weight excluding hydrogens is 216 g/mol. The Balaban J connectivity index is 2.42. The molecule has 1 aliphatic rings. The van der Waals surface area contributed by atoms with Crippen molar-refractivity contribution in [1.29, 1.82) is 0 Å². The second kappa shape index (κ2) is 5.83. The molecule has 4 nitrogen and oxygen atoms in total.